The van der Waals surface area contributed by atoms with Crippen molar-refractivity contribution in [2.45, 2.75) is 0 Å². The van der Waals surface area contributed by atoms with Gasteiger partial charge >= 0.3 is 5.97 Å². The van der Waals surface area contributed by atoms with Gasteiger partial charge in [-0.3, -0.25) is 9.59 Å². The normalized spacial score (nSPS) is 10.0. The summed E-state index contributed by atoms with van der Waals surface area (Å²) in [6.45, 7) is -0.332. The SMILES string of the molecule is COc1cc(C=O)ccc1OCC(=O)Nc1ccc(Cl)c(C(=O)O)c1. The second kappa shape index (κ2) is 8.16. The molecule has 0 saturated heterocycles. The predicted molar refractivity (Wildman–Crippen MR) is 90.9 cm³/mol. The minimum Gasteiger partial charge on any atom is -0.493 e. The molecule has 2 aromatic carbocycles. The number of carbonyl (C=O) groups is 3. The second-order valence-electron chi connectivity index (χ2n) is 4.86. The fourth-order valence-electron chi connectivity index (χ4n) is 1.98. The number of hydrogen-bond donors (Lipinski definition) is 2. The highest BCUT2D eigenvalue weighted by atomic mass is 35.5. The molecule has 8 heteroatoms. The van der Waals surface area contributed by atoms with Gasteiger partial charge in [-0.05, 0) is 36.4 Å². The first-order valence-corrected chi connectivity index (χ1v) is 7.41. The zero-order valence-corrected chi connectivity index (χ0v) is 13.9. The molecule has 0 aliphatic heterocycles. The molecule has 0 bridgehead atoms. The Balaban J connectivity index is 2.03. The summed E-state index contributed by atoms with van der Waals surface area (Å²) >= 11 is 5.77. The first kappa shape index (κ1) is 18.3. The van der Waals surface area contributed by atoms with Crippen molar-refractivity contribution in [1.29, 1.82) is 0 Å². The summed E-state index contributed by atoms with van der Waals surface area (Å²) in [6, 6.07) is 8.64. The molecule has 0 aliphatic carbocycles. The van der Waals surface area contributed by atoms with Crippen molar-refractivity contribution in [2.75, 3.05) is 19.0 Å². The summed E-state index contributed by atoms with van der Waals surface area (Å²) in [5, 5.41) is 11.6. The van der Waals surface area contributed by atoms with Crippen LogP contribution in [0.1, 0.15) is 20.7 Å². The third-order valence-corrected chi connectivity index (χ3v) is 3.49. The molecule has 0 unspecified atom stereocenters. The van der Waals surface area contributed by atoms with E-state index in [9.17, 15) is 14.4 Å². The predicted octanol–water partition coefficient (Wildman–Crippen LogP) is 2.88. The Morgan fingerprint density at radius 2 is 1.96 bits per heavy atom. The van der Waals surface area contributed by atoms with E-state index in [4.69, 9.17) is 26.2 Å². The van der Waals surface area contributed by atoms with Crippen molar-refractivity contribution < 1.29 is 29.0 Å². The highest BCUT2D eigenvalue weighted by molar-refractivity contribution is 6.33. The van der Waals surface area contributed by atoms with E-state index in [0.29, 0.717) is 23.3 Å². The molecule has 0 heterocycles. The van der Waals surface area contributed by atoms with Crippen molar-refractivity contribution in [1.82, 2.24) is 0 Å². The molecule has 0 saturated carbocycles. The van der Waals surface area contributed by atoms with E-state index in [2.05, 4.69) is 5.32 Å². The van der Waals surface area contributed by atoms with Crippen LogP contribution in [0.25, 0.3) is 0 Å². The van der Waals surface area contributed by atoms with Gasteiger partial charge in [0.25, 0.3) is 5.91 Å². The van der Waals surface area contributed by atoms with Crippen LogP contribution in [-0.4, -0.2) is 37.0 Å². The van der Waals surface area contributed by atoms with Gasteiger partial charge in [0, 0.05) is 11.3 Å². The highest BCUT2D eigenvalue weighted by Crippen LogP contribution is 2.27. The Bertz CT molecular complexity index is 821. The zero-order valence-electron chi connectivity index (χ0n) is 13.1. The minimum atomic E-state index is -1.20. The lowest BCUT2D eigenvalue weighted by atomic mass is 10.2. The van der Waals surface area contributed by atoms with E-state index in [0.717, 1.165) is 0 Å². The van der Waals surface area contributed by atoms with Gasteiger partial charge in [0.1, 0.15) is 6.29 Å². The van der Waals surface area contributed by atoms with Gasteiger partial charge in [0.15, 0.2) is 18.1 Å². The van der Waals surface area contributed by atoms with Gasteiger partial charge in [0.2, 0.25) is 0 Å². The van der Waals surface area contributed by atoms with Crippen LogP contribution < -0.4 is 14.8 Å². The monoisotopic (exact) mass is 363 g/mol. The van der Waals surface area contributed by atoms with Gasteiger partial charge in [-0.25, -0.2) is 4.79 Å². The maximum atomic E-state index is 12.0. The number of halogens is 1. The Morgan fingerprint density at radius 1 is 1.20 bits per heavy atom. The summed E-state index contributed by atoms with van der Waals surface area (Å²) in [5.41, 5.74) is 0.571. The number of amides is 1. The number of anilines is 1. The summed E-state index contributed by atoms with van der Waals surface area (Å²) in [5.74, 6) is -1.08. The molecular formula is C17H14ClNO6. The number of carboxylic acids is 1. The number of nitrogens with one attached hydrogen (secondary N) is 1. The van der Waals surface area contributed by atoms with Crippen molar-refractivity contribution in [3.63, 3.8) is 0 Å². The van der Waals surface area contributed by atoms with Gasteiger partial charge in [-0.1, -0.05) is 11.6 Å². The lowest BCUT2D eigenvalue weighted by Crippen LogP contribution is -2.20. The number of carbonyl (C=O) groups excluding carboxylic acids is 2. The average molecular weight is 364 g/mol. The van der Waals surface area contributed by atoms with Crippen LogP contribution in [-0.2, 0) is 4.79 Å². The van der Waals surface area contributed by atoms with Crippen LogP contribution in [0.5, 0.6) is 11.5 Å². The Morgan fingerprint density at radius 3 is 2.60 bits per heavy atom. The van der Waals surface area contributed by atoms with Crippen LogP contribution in [0.4, 0.5) is 5.69 Å². The molecule has 0 aliphatic rings. The number of rotatable bonds is 7. The van der Waals surface area contributed by atoms with Gasteiger partial charge in [-0.2, -0.15) is 0 Å². The third-order valence-electron chi connectivity index (χ3n) is 3.16. The van der Waals surface area contributed by atoms with Crippen molar-refractivity contribution in [3.05, 3.63) is 52.5 Å². The molecule has 2 rings (SSSR count). The summed E-state index contributed by atoms with van der Waals surface area (Å²) < 4.78 is 10.5. The molecule has 2 N–H and O–H groups in total. The van der Waals surface area contributed by atoms with E-state index < -0.39 is 11.9 Å². The molecule has 25 heavy (non-hydrogen) atoms. The van der Waals surface area contributed by atoms with E-state index >= 15 is 0 Å². The van der Waals surface area contributed by atoms with Crippen LogP contribution in [0.2, 0.25) is 5.02 Å². The summed E-state index contributed by atoms with van der Waals surface area (Å²) in [4.78, 5) is 33.7. The Labute approximate surface area is 148 Å². The number of hydrogen-bond acceptors (Lipinski definition) is 5. The first-order chi connectivity index (χ1) is 11.9. The van der Waals surface area contributed by atoms with Crippen molar-refractivity contribution >= 4 is 35.5 Å². The molecule has 0 radical (unpaired) electrons. The van der Waals surface area contributed by atoms with Crippen molar-refractivity contribution in [3.8, 4) is 11.5 Å². The summed E-state index contributed by atoms with van der Waals surface area (Å²) in [7, 11) is 1.41. The number of aldehydes is 1. The van der Waals surface area contributed by atoms with E-state index in [-0.39, 0.29) is 22.9 Å². The fraction of sp³-hybridized carbons (Fsp3) is 0.118. The maximum Gasteiger partial charge on any atom is 0.337 e. The average Bonchev–Trinajstić information content (AvgIpc) is 2.61. The molecule has 0 fully saturated rings. The lowest BCUT2D eigenvalue weighted by Gasteiger charge is -2.11. The Kier molecular flexibility index (Phi) is 5.97. The van der Waals surface area contributed by atoms with Crippen LogP contribution in [0, 0.1) is 0 Å². The summed E-state index contributed by atoms with van der Waals surface area (Å²) in [6.07, 6.45) is 0.666. The van der Waals surface area contributed by atoms with E-state index in [1.807, 2.05) is 0 Å². The van der Waals surface area contributed by atoms with Crippen LogP contribution >= 0.6 is 11.6 Å². The fourth-order valence-corrected chi connectivity index (χ4v) is 2.18. The topological polar surface area (TPSA) is 102 Å². The van der Waals surface area contributed by atoms with Gasteiger partial charge in [0.05, 0.1) is 17.7 Å². The number of benzene rings is 2. The van der Waals surface area contributed by atoms with Crippen LogP contribution in [0.15, 0.2) is 36.4 Å². The largest absolute Gasteiger partial charge is 0.493 e. The molecule has 0 atom stereocenters. The maximum absolute atomic E-state index is 12.0. The first-order valence-electron chi connectivity index (χ1n) is 7.03. The second-order valence-corrected chi connectivity index (χ2v) is 5.27. The zero-order chi connectivity index (χ0) is 18.4. The van der Waals surface area contributed by atoms with Gasteiger partial charge in [-0.15, -0.1) is 0 Å². The third kappa shape index (κ3) is 4.71. The van der Waals surface area contributed by atoms with Crippen LogP contribution in [0.3, 0.4) is 0 Å². The number of carboxylic acid groups (broad SMARTS) is 1. The van der Waals surface area contributed by atoms with Crippen molar-refractivity contribution in [2.24, 2.45) is 0 Å². The molecule has 1 amide bonds. The quantitative estimate of drug-likeness (QED) is 0.733. The molecule has 0 aromatic heterocycles. The van der Waals surface area contributed by atoms with E-state index in [1.54, 1.807) is 0 Å². The molecule has 7 nitrogen and oxygen atoms in total. The van der Waals surface area contributed by atoms with Gasteiger partial charge < -0.3 is 19.9 Å². The highest BCUT2D eigenvalue weighted by Gasteiger charge is 2.12. The Hall–Kier alpha value is -3.06. The lowest BCUT2D eigenvalue weighted by molar-refractivity contribution is -0.118. The molecular weight excluding hydrogens is 350 g/mol. The van der Waals surface area contributed by atoms with E-state index in [1.165, 1.54) is 43.5 Å². The number of ether oxygens (including phenoxy) is 2. The minimum absolute atomic E-state index is 0.0711. The standard InChI is InChI=1S/C17H14ClNO6/c1-24-15-6-10(8-20)2-5-14(15)25-9-16(21)19-11-3-4-13(18)12(7-11)17(22)23/h2-8H,9H2,1H3,(H,19,21)(H,22,23). The smallest absolute Gasteiger partial charge is 0.337 e. The molecule has 130 valence electrons. The molecule has 2 aromatic rings. The number of methoxy groups -OCH3 is 1. The molecule has 0 spiro atoms. The number of aromatic carboxylic acids is 1.